The van der Waals surface area contributed by atoms with Crippen molar-refractivity contribution in [2.75, 3.05) is 5.32 Å². The molecule has 0 spiro atoms. The molecule has 1 heterocycles. The zero-order chi connectivity index (χ0) is 13.8. The van der Waals surface area contributed by atoms with Crippen LogP contribution < -0.4 is 5.32 Å². The van der Waals surface area contributed by atoms with Crippen molar-refractivity contribution < 1.29 is 9.32 Å². The lowest BCUT2D eigenvalue weighted by Gasteiger charge is -2.11. The third-order valence-corrected chi connectivity index (χ3v) is 3.24. The third kappa shape index (κ3) is 3.22. The minimum absolute atomic E-state index is 0.00810. The van der Waals surface area contributed by atoms with E-state index in [0.29, 0.717) is 6.42 Å². The number of nitrogens with zero attached hydrogens (tertiary/aromatic N) is 1. The minimum atomic E-state index is -0.150. The Hall–Kier alpha value is -2.10. The Labute approximate surface area is 112 Å². The van der Waals surface area contributed by atoms with Gasteiger partial charge in [-0.25, -0.2) is 0 Å². The molecule has 0 saturated heterocycles. The van der Waals surface area contributed by atoms with Gasteiger partial charge in [-0.05, 0) is 26.0 Å². The Balaban J connectivity index is 1.98. The lowest BCUT2D eigenvalue weighted by Crippen LogP contribution is -2.22. The first-order valence-electron chi connectivity index (χ1n) is 6.35. The number of para-hydroxylation sites is 1. The lowest BCUT2D eigenvalue weighted by atomic mass is 10.0. The molecule has 1 aromatic heterocycles. The molecular formula is C15H18N2O2. The van der Waals surface area contributed by atoms with Crippen molar-refractivity contribution in [3.05, 3.63) is 47.3 Å². The number of carbonyl (C=O) groups excluding carboxylic acids is 1. The molecule has 100 valence electrons. The summed E-state index contributed by atoms with van der Waals surface area (Å²) in [4.78, 5) is 12.1. The predicted molar refractivity (Wildman–Crippen MR) is 73.9 cm³/mol. The molecule has 1 amide bonds. The summed E-state index contributed by atoms with van der Waals surface area (Å²) < 4.78 is 5.11. The van der Waals surface area contributed by atoms with Crippen molar-refractivity contribution in [2.24, 2.45) is 5.92 Å². The standard InChI is InChI=1S/C15H18N2O2/c1-10(9-14-11(2)12(3)19-17-14)15(18)16-13-7-5-4-6-8-13/h4-8,10H,9H2,1-3H3,(H,16,18)/t10-/m1/s1. The van der Waals surface area contributed by atoms with E-state index >= 15 is 0 Å². The number of aromatic nitrogens is 1. The zero-order valence-electron chi connectivity index (χ0n) is 11.4. The largest absolute Gasteiger partial charge is 0.361 e. The summed E-state index contributed by atoms with van der Waals surface area (Å²) in [7, 11) is 0. The van der Waals surface area contributed by atoms with Gasteiger partial charge in [-0.2, -0.15) is 0 Å². The summed E-state index contributed by atoms with van der Waals surface area (Å²) in [5.74, 6) is 0.653. The van der Waals surface area contributed by atoms with Gasteiger partial charge in [0, 0.05) is 23.6 Å². The Morgan fingerprint density at radius 1 is 1.32 bits per heavy atom. The van der Waals surface area contributed by atoms with Crippen LogP contribution in [-0.4, -0.2) is 11.1 Å². The van der Waals surface area contributed by atoms with Crippen LogP contribution in [0.2, 0.25) is 0 Å². The fourth-order valence-corrected chi connectivity index (χ4v) is 1.82. The fourth-order valence-electron chi connectivity index (χ4n) is 1.82. The van der Waals surface area contributed by atoms with Gasteiger partial charge in [-0.1, -0.05) is 30.3 Å². The van der Waals surface area contributed by atoms with Crippen molar-refractivity contribution in [3.8, 4) is 0 Å². The zero-order valence-corrected chi connectivity index (χ0v) is 11.4. The number of anilines is 1. The molecule has 0 bridgehead atoms. The predicted octanol–water partition coefficient (Wildman–Crippen LogP) is 3.11. The molecule has 2 rings (SSSR count). The molecule has 0 saturated carbocycles. The highest BCUT2D eigenvalue weighted by Gasteiger charge is 2.18. The molecular weight excluding hydrogens is 240 g/mol. The second-order valence-electron chi connectivity index (χ2n) is 4.77. The first-order chi connectivity index (χ1) is 9.08. The molecule has 0 radical (unpaired) electrons. The maximum absolute atomic E-state index is 12.1. The SMILES string of the molecule is Cc1onc(C[C@@H](C)C(=O)Nc2ccccc2)c1C. The van der Waals surface area contributed by atoms with Crippen LogP contribution in [0.4, 0.5) is 5.69 Å². The van der Waals surface area contributed by atoms with Gasteiger partial charge in [0.15, 0.2) is 0 Å². The van der Waals surface area contributed by atoms with Gasteiger partial charge >= 0.3 is 0 Å². The van der Waals surface area contributed by atoms with E-state index in [1.807, 2.05) is 51.1 Å². The van der Waals surface area contributed by atoms with Crippen LogP contribution in [0.3, 0.4) is 0 Å². The smallest absolute Gasteiger partial charge is 0.227 e. The summed E-state index contributed by atoms with van der Waals surface area (Å²) in [6, 6.07) is 9.45. The monoisotopic (exact) mass is 258 g/mol. The van der Waals surface area contributed by atoms with Crippen molar-refractivity contribution in [2.45, 2.75) is 27.2 Å². The first kappa shape index (κ1) is 13.3. The number of rotatable bonds is 4. The number of nitrogens with one attached hydrogen (secondary N) is 1. The quantitative estimate of drug-likeness (QED) is 0.916. The molecule has 0 aliphatic carbocycles. The molecule has 4 heteroatoms. The number of hydrogen-bond donors (Lipinski definition) is 1. The first-order valence-corrected chi connectivity index (χ1v) is 6.35. The van der Waals surface area contributed by atoms with E-state index in [-0.39, 0.29) is 11.8 Å². The highest BCUT2D eigenvalue weighted by molar-refractivity contribution is 5.92. The lowest BCUT2D eigenvalue weighted by molar-refractivity contribution is -0.119. The van der Waals surface area contributed by atoms with Crippen LogP contribution >= 0.6 is 0 Å². The number of aryl methyl sites for hydroxylation is 1. The van der Waals surface area contributed by atoms with Crippen LogP contribution in [0.5, 0.6) is 0 Å². The van der Waals surface area contributed by atoms with Gasteiger partial charge in [0.05, 0.1) is 5.69 Å². The van der Waals surface area contributed by atoms with Gasteiger partial charge in [0.2, 0.25) is 5.91 Å². The number of benzene rings is 1. The topological polar surface area (TPSA) is 55.1 Å². The van der Waals surface area contributed by atoms with E-state index in [2.05, 4.69) is 10.5 Å². The average Bonchev–Trinajstić information content (AvgIpc) is 2.72. The van der Waals surface area contributed by atoms with E-state index in [9.17, 15) is 4.79 Å². The molecule has 1 atom stereocenters. The molecule has 1 aromatic carbocycles. The Morgan fingerprint density at radius 3 is 2.58 bits per heavy atom. The van der Waals surface area contributed by atoms with Crippen LogP contribution in [0, 0.1) is 19.8 Å². The summed E-state index contributed by atoms with van der Waals surface area (Å²) in [6.07, 6.45) is 0.585. The molecule has 0 unspecified atom stereocenters. The van der Waals surface area contributed by atoms with Crippen LogP contribution in [0.1, 0.15) is 23.9 Å². The van der Waals surface area contributed by atoms with Gasteiger partial charge in [-0.15, -0.1) is 0 Å². The highest BCUT2D eigenvalue weighted by atomic mass is 16.5. The molecule has 2 aromatic rings. The number of hydrogen-bond acceptors (Lipinski definition) is 3. The van der Waals surface area contributed by atoms with Gasteiger partial charge in [0.25, 0.3) is 0 Å². The van der Waals surface area contributed by atoms with E-state index in [0.717, 1.165) is 22.7 Å². The molecule has 0 fully saturated rings. The summed E-state index contributed by atoms with van der Waals surface area (Å²) in [5.41, 5.74) is 2.69. The summed E-state index contributed by atoms with van der Waals surface area (Å²) >= 11 is 0. The van der Waals surface area contributed by atoms with E-state index in [1.54, 1.807) is 0 Å². The second kappa shape index (κ2) is 5.69. The Bertz CT molecular complexity index is 561. The van der Waals surface area contributed by atoms with Crippen molar-refractivity contribution in [1.82, 2.24) is 5.16 Å². The molecule has 4 nitrogen and oxygen atoms in total. The Kier molecular flexibility index (Phi) is 4.00. The van der Waals surface area contributed by atoms with Crippen molar-refractivity contribution in [1.29, 1.82) is 0 Å². The van der Waals surface area contributed by atoms with E-state index in [1.165, 1.54) is 0 Å². The van der Waals surface area contributed by atoms with Gasteiger partial charge in [-0.3, -0.25) is 4.79 Å². The Morgan fingerprint density at radius 2 is 2.00 bits per heavy atom. The van der Waals surface area contributed by atoms with Crippen molar-refractivity contribution >= 4 is 11.6 Å². The van der Waals surface area contributed by atoms with Crippen LogP contribution in [-0.2, 0) is 11.2 Å². The molecule has 0 aliphatic rings. The van der Waals surface area contributed by atoms with E-state index < -0.39 is 0 Å². The second-order valence-corrected chi connectivity index (χ2v) is 4.77. The van der Waals surface area contributed by atoms with Gasteiger partial charge < -0.3 is 9.84 Å². The van der Waals surface area contributed by atoms with E-state index in [4.69, 9.17) is 4.52 Å². The molecule has 1 N–H and O–H groups in total. The molecule has 19 heavy (non-hydrogen) atoms. The maximum Gasteiger partial charge on any atom is 0.227 e. The van der Waals surface area contributed by atoms with Crippen molar-refractivity contribution in [3.63, 3.8) is 0 Å². The normalized spacial score (nSPS) is 12.2. The summed E-state index contributed by atoms with van der Waals surface area (Å²) in [5, 5.41) is 6.88. The third-order valence-electron chi connectivity index (χ3n) is 3.24. The highest BCUT2D eigenvalue weighted by Crippen LogP contribution is 2.17. The summed E-state index contributed by atoms with van der Waals surface area (Å²) in [6.45, 7) is 5.73. The maximum atomic E-state index is 12.1. The minimum Gasteiger partial charge on any atom is -0.361 e. The molecule has 0 aliphatic heterocycles. The average molecular weight is 258 g/mol. The number of amides is 1. The van der Waals surface area contributed by atoms with Crippen LogP contribution in [0.15, 0.2) is 34.9 Å². The van der Waals surface area contributed by atoms with Gasteiger partial charge in [0.1, 0.15) is 5.76 Å². The number of carbonyl (C=O) groups is 1. The fraction of sp³-hybridized carbons (Fsp3) is 0.333. The van der Waals surface area contributed by atoms with Crippen LogP contribution in [0.25, 0.3) is 0 Å².